The molecule has 8 heteroatoms. The highest BCUT2D eigenvalue weighted by molar-refractivity contribution is 5.99. The van der Waals surface area contributed by atoms with Crippen molar-refractivity contribution in [3.63, 3.8) is 0 Å². The van der Waals surface area contributed by atoms with Crippen LogP contribution in [0.1, 0.15) is 28.0 Å². The van der Waals surface area contributed by atoms with Crippen molar-refractivity contribution in [3.05, 3.63) is 57.5 Å². The maximum Gasteiger partial charge on any atom is 0.270 e. The summed E-state index contributed by atoms with van der Waals surface area (Å²) in [6.07, 6.45) is -0.365. The highest BCUT2D eigenvalue weighted by atomic mass is 16.6. The van der Waals surface area contributed by atoms with Gasteiger partial charge in [-0.25, -0.2) is 0 Å². The van der Waals surface area contributed by atoms with Crippen LogP contribution in [0.25, 0.3) is 0 Å². The van der Waals surface area contributed by atoms with Crippen molar-refractivity contribution in [2.75, 3.05) is 25.4 Å². The van der Waals surface area contributed by atoms with Gasteiger partial charge in [-0.3, -0.25) is 14.9 Å². The molecule has 126 valence electrons. The largest absolute Gasteiger partial charge is 0.464 e. The molecule has 1 aliphatic heterocycles. The second-order valence-electron chi connectivity index (χ2n) is 5.59. The summed E-state index contributed by atoms with van der Waals surface area (Å²) in [5.74, 6) is 1.06. The van der Waals surface area contributed by atoms with Crippen LogP contribution in [0, 0.1) is 17.0 Å². The SMILES string of the molecule is Cc1ccc(C2CN(C(=O)c3cc([N+](=O)[O-])ccc3N)CCO2)o1. The van der Waals surface area contributed by atoms with Gasteiger partial charge in [-0.2, -0.15) is 0 Å². The number of hydrogen-bond donors (Lipinski definition) is 1. The fraction of sp³-hybridized carbons (Fsp3) is 0.312. The molecule has 1 fully saturated rings. The predicted octanol–water partition coefficient (Wildman–Crippen LogP) is 2.29. The average molecular weight is 331 g/mol. The molecule has 1 aromatic carbocycles. The number of furan rings is 1. The van der Waals surface area contributed by atoms with Crippen molar-refractivity contribution < 1.29 is 18.9 Å². The number of nitrogens with two attached hydrogens (primary N) is 1. The Morgan fingerprint density at radius 1 is 1.38 bits per heavy atom. The lowest BCUT2D eigenvalue weighted by Gasteiger charge is -2.32. The molecular formula is C16H17N3O5. The van der Waals surface area contributed by atoms with Gasteiger partial charge < -0.3 is 19.8 Å². The first-order chi connectivity index (χ1) is 11.5. The van der Waals surface area contributed by atoms with E-state index in [1.165, 1.54) is 18.2 Å². The number of benzene rings is 1. The first-order valence-electron chi connectivity index (χ1n) is 7.47. The molecule has 8 nitrogen and oxygen atoms in total. The van der Waals surface area contributed by atoms with Gasteiger partial charge in [-0.1, -0.05) is 0 Å². The topological polar surface area (TPSA) is 112 Å². The van der Waals surface area contributed by atoms with Gasteiger partial charge >= 0.3 is 0 Å². The number of carbonyl (C=O) groups excluding carboxylic acids is 1. The molecule has 1 atom stereocenters. The number of morpholine rings is 1. The van der Waals surface area contributed by atoms with Crippen molar-refractivity contribution >= 4 is 17.3 Å². The van der Waals surface area contributed by atoms with Gasteiger partial charge in [0.15, 0.2) is 0 Å². The highest BCUT2D eigenvalue weighted by Crippen LogP contribution is 2.27. The number of hydrogen-bond acceptors (Lipinski definition) is 6. The van der Waals surface area contributed by atoms with Crippen LogP contribution in [0.4, 0.5) is 11.4 Å². The maximum atomic E-state index is 12.7. The molecule has 0 saturated carbocycles. The standard InChI is InChI=1S/C16H17N3O5/c1-10-2-5-14(24-10)15-9-18(6-7-23-15)16(20)12-8-11(19(21)22)3-4-13(12)17/h2-5,8,15H,6-7,9,17H2,1H3. The second kappa shape index (κ2) is 6.32. The predicted molar refractivity (Wildman–Crippen MR) is 85.6 cm³/mol. The van der Waals surface area contributed by atoms with Crippen molar-refractivity contribution in [2.45, 2.75) is 13.0 Å². The molecule has 24 heavy (non-hydrogen) atoms. The minimum Gasteiger partial charge on any atom is -0.464 e. The number of anilines is 1. The minimum absolute atomic E-state index is 0.125. The third-order valence-corrected chi connectivity index (χ3v) is 3.91. The zero-order chi connectivity index (χ0) is 17.3. The number of ether oxygens (including phenoxy) is 1. The Morgan fingerprint density at radius 3 is 2.83 bits per heavy atom. The molecule has 0 spiro atoms. The summed E-state index contributed by atoms with van der Waals surface area (Å²) >= 11 is 0. The van der Waals surface area contributed by atoms with Crippen LogP contribution in [0.3, 0.4) is 0 Å². The van der Waals surface area contributed by atoms with Crippen LogP contribution >= 0.6 is 0 Å². The van der Waals surface area contributed by atoms with Crippen LogP contribution in [0.15, 0.2) is 34.7 Å². The fourth-order valence-electron chi connectivity index (χ4n) is 2.65. The van der Waals surface area contributed by atoms with Gasteiger partial charge in [0.05, 0.1) is 23.6 Å². The lowest BCUT2D eigenvalue weighted by Crippen LogP contribution is -2.42. The van der Waals surface area contributed by atoms with Gasteiger partial charge in [-0.15, -0.1) is 0 Å². The molecule has 0 aliphatic carbocycles. The number of nitrogens with zero attached hydrogens (tertiary/aromatic N) is 2. The van der Waals surface area contributed by atoms with E-state index in [2.05, 4.69) is 0 Å². The first-order valence-corrected chi connectivity index (χ1v) is 7.47. The summed E-state index contributed by atoms with van der Waals surface area (Å²) in [6.45, 7) is 2.87. The summed E-state index contributed by atoms with van der Waals surface area (Å²) in [4.78, 5) is 24.6. The third kappa shape index (κ3) is 3.09. The Balaban J connectivity index is 1.82. The van der Waals surface area contributed by atoms with E-state index < -0.39 is 4.92 Å². The molecule has 1 amide bonds. The van der Waals surface area contributed by atoms with Gasteiger partial charge in [0.1, 0.15) is 17.6 Å². The van der Waals surface area contributed by atoms with Gasteiger partial charge in [-0.05, 0) is 25.1 Å². The Bertz CT molecular complexity index is 786. The number of carbonyl (C=O) groups is 1. The Kier molecular flexibility index (Phi) is 4.22. The summed E-state index contributed by atoms with van der Waals surface area (Å²) in [5.41, 5.74) is 5.99. The molecular weight excluding hydrogens is 314 g/mol. The number of amides is 1. The number of aryl methyl sites for hydroxylation is 1. The molecule has 1 aliphatic rings. The molecule has 2 heterocycles. The van der Waals surface area contributed by atoms with Gasteiger partial charge in [0.2, 0.25) is 0 Å². The summed E-state index contributed by atoms with van der Waals surface area (Å²) in [7, 11) is 0. The van der Waals surface area contributed by atoms with Crippen molar-refractivity contribution in [1.29, 1.82) is 0 Å². The zero-order valence-corrected chi connectivity index (χ0v) is 13.1. The summed E-state index contributed by atoms with van der Waals surface area (Å²) in [6, 6.07) is 7.51. The Morgan fingerprint density at radius 2 is 2.17 bits per heavy atom. The third-order valence-electron chi connectivity index (χ3n) is 3.91. The highest BCUT2D eigenvalue weighted by Gasteiger charge is 2.29. The lowest BCUT2D eigenvalue weighted by molar-refractivity contribution is -0.384. The normalized spacial score (nSPS) is 17.7. The smallest absolute Gasteiger partial charge is 0.270 e. The molecule has 3 rings (SSSR count). The quantitative estimate of drug-likeness (QED) is 0.524. The Hall–Kier alpha value is -2.87. The van der Waals surface area contributed by atoms with Gasteiger partial charge in [0, 0.05) is 24.4 Å². The molecule has 1 unspecified atom stereocenters. The first kappa shape index (κ1) is 16.0. The van der Waals surface area contributed by atoms with Crippen LogP contribution < -0.4 is 5.73 Å². The minimum atomic E-state index is -0.552. The van der Waals surface area contributed by atoms with Crippen LogP contribution in [-0.4, -0.2) is 35.4 Å². The summed E-state index contributed by atoms with van der Waals surface area (Å²) < 4.78 is 11.2. The van der Waals surface area contributed by atoms with Crippen LogP contribution in [0.2, 0.25) is 0 Å². The second-order valence-corrected chi connectivity index (χ2v) is 5.59. The number of rotatable bonds is 3. The molecule has 1 saturated heterocycles. The van der Waals surface area contributed by atoms with Crippen molar-refractivity contribution in [2.24, 2.45) is 0 Å². The maximum absolute atomic E-state index is 12.7. The number of nitro groups is 1. The summed E-state index contributed by atoms with van der Waals surface area (Å²) in [5, 5.41) is 10.9. The molecule has 2 N–H and O–H groups in total. The van der Waals surface area contributed by atoms with E-state index in [1.54, 1.807) is 4.90 Å². The average Bonchev–Trinajstić information content (AvgIpc) is 3.01. The molecule has 2 aromatic rings. The van der Waals surface area contributed by atoms with E-state index in [0.29, 0.717) is 25.5 Å². The van der Waals surface area contributed by atoms with E-state index in [9.17, 15) is 14.9 Å². The van der Waals surface area contributed by atoms with E-state index in [-0.39, 0.29) is 28.9 Å². The Labute approximate surface area is 137 Å². The molecule has 0 radical (unpaired) electrons. The zero-order valence-electron chi connectivity index (χ0n) is 13.1. The van der Waals surface area contributed by atoms with E-state index >= 15 is 0 Å². The molecule has 0 bridgehead atoms. The van der Waals surface area contributed by atoms with Crippen LogP contribution in [0.5, 0.6) is 0 Å². The van der Waals surface area contributed by atoms with Gasteiger partial charge in [0.25, 0.3) is 11.6 Å². The van der Waals surface area contributed by atoms with Crippen molar-refractivity contribution in [1.82, 2.24) is 4.90 Å². The van der Waals surface area contributed by atoms with Crippen LogP contribution in [-0.2, 0) is 4.74 Å². The monoisotopic (exact) mass is 331 g/mol. The van der Waals surface area contributed by atoms with E-state index in [0.717, 1.165) is 5.76 Å². The molecule has 1 aromatic heterocycles. The van der Waals surface area contributed by atoms with E-state index in [4.69, 9.17) is 14.9 Å². The van der Waals surface area contributed by atoms with E-state index in [1.807, 2.05) is 19.1 Å². The number of non-ortho nitro benzene ring substituents is 1. The fourth-order valence-corrected chi connectivity index (χ4v) is 2.65. The number of nitrogen functional groups attached to an aromatic ring is 1. The lowest BCUT2D eigenvalue weighted by atomic mass is 10.1. The number of nitro benzene ring substituents is 1. The van der Waals surface area contributed by atoms with Crippen molar-refractivity contribution in [3.8, 4) is 0 Å².